The number of amides is 2. The molecule has 1 saturated heterocycles. The van der Waals surface area contributed by atoms with Crippen LogP contribution in [0.15, 0.2) is 30.5 Å². The van der Waals surface area contributed by atoms with Crippen molar-refractivity contribution >= 4 is 22.7 Å². The first-order valence-electron chi connectivity index (χ1n) is 8.88. The molecule has 1 fully saturated rings. The van der Waals surface area contributed by atoms with Gasteiger partial charge in [0.15, 0.2) is 0 Å². The number of carbonyl (C=O) groups excluding carboxylic acids is 2. The van der Waals surface area contributed by atoms with E-state index in [0.29, 0.717) is 24.6 Å². The van der Waals surface area contributed by atoms with Gasteiger partial charge in [-0.1, -0.05) is 0 Å². The Labute approximate surface area is 147 Å². The van der Waals surface area contributed by atoms with Crippen LogP contribution in [-0.4, -0.2) is 46.9 Å². The molecular formula is C19H26N4O2. The molecule has 2 aromatic rings. The van der Waals surface area contributed by atoms with E-state index < -0.39 is 6.04 Å². The Bertz CT molecular complexity index is 760. The topological polar surface area (TPSA) is 91.2 Å². The maximum Gasteiger partial charge on any atom is 0.251 e. The molecule has 2 amide bonds. The Balaban J connectivity index is 1.56. The molecule has 25 heavy (non-hydrogen) atoms. The fourth-order valence-electron chi connectivity index (χ4n) is 3.51. The Hall–Kier alpha value is -2.34. The summed E-state index contributed by atoms with van der Waals surface area (Å²) in [7, 11) is 0. The van der Waals surface area contributed by atoms with Crippen LogP contribution in [0, 0.1) is 5.92 Å². The van der Waals surface area contributed by atoms with Crippen LogP contribution < -0.4 is 11.1 Å². The summed E-state index contributed by atoms with van der Waals surface area (Å²) in [6.07, 6.45) is 3.64. The van der Waals surface area contributed by atoms with E-state index in [4.69, 9.17) is 5.73 Å². The van der Waals surface area contributed by atoms with Gasteiger partial charge in [-0.3, -0.25) is 9.59 Å². The molecular weight excluding hydrogens is 316 g/mol. The second-order valence-electron chi connectivity index (χ2n) is 6.99. The van der Waals surface area contributed by atoms with Gasteiger partial charge in [0.1, 0.15) is 0 Å². The molecule has 3 rings (SSSR count). The third-order valence-corrected chi connectivity index (χ3v) is 5.12. The summed E-state index contributed by atoms with van der Waals surface area (Å²) in [5.41, 5.74) is 7.37. The van der Waals surface area contributed by atoms with Gasteiger partial charge >= 0.3 is 0 Å². The first-order valence-corrected chi connectivity index (χ1v) is 8.88. The third kappa shape index (κ3) is 3.85. The number of hydrogen-bond donors (Lipinski definition) is 3. The van der Waals surface area contributed by atoms with Crippen molar-refractivity contribution in [2.45, 2.75) is 38.8 Å². The number of nitrogens with two attached hydrogens (primary N) is 1. The number of H-pyrrole nitrogens is 1. The standard InChI is InChI=1S/C19H26N4O2/c1-12(20)19(25)23-9-6-14(7-10-23)13(2)22-18(24)16-3-4-17-15(11-16)5-8-21-17/h3-5,8,11-14,21H,6-7,9-10,20H2,1-2H3,(H,22,24)/t12-,13?/m0/s1. The fraction of sp³-hybridized carbons (Fsp3) is 0.474. The SMILES string of the molecule is CC(NC(=O)c1ccc2[nH]ccc2c1)C1CCN(C(=O)[C@H](C)N)CC1. The van der Waals surface area contributed by atoms with Crippen molar-refractivity contribution < 1.29 is 9.59 Å². The summed E-state index contributed by atoms with van der Waals surface area (Å²) in [4.78, 5) is 29.4. The normalized spacial score (nSPS) is 18.1. The summed E-state index contributed by atoms with van der Waals surface area (Å²) in [5.74, 6) is 0.330. The van der Waals surface area contributed by atoms with Crippen molar-refractivity contribution in [3.8, 4) is 0 Å². The van der Waals surface area contributed by atoms with E-state index in [1.54, 1.807) is 6.92 Å². The predicted octanol–water partition coefficient (Wildman–Crippen LogP) is 1.87. The second-order valence-corrected chi connectivity index (χ2v) is 6.99. The molecule has 0 aliphatic carbocycles. The highest BCUT2D eigenvalue weighted by atomic mass is 16.2. The lowest BCUT2D eigenvalue weighted by atomic mass is 9.90. The number of benzene rings is 1. The average Bonchev–Trinajstić information content (AvgIpc) is 3.08. The van der Waals surface area contributed by atoms with Crippen molar-refractivity contribution in [1.29, 1.82) is 0 Å². The first-order chi connectivity index (χ1) is 12.0. The zero-order chi connectivity index (χ0) is 18.0. The number of nitrogens with one attached hydrogen (secondary N) is 2. The smallest absolute Gasteiger partial charge is 0.251 e. The molecule has 1 aromatic heterocycles. The zero-order valence-corrected chi connectivity index (χ0v) is 14.8. The van der Waals surface area contributed by atoms with Crippen molar-refractivity contribution in [3.05, 3.63) is 36.0 Å². The molecule has 0 radical (unpaired) electrons. The lowest BCUT2D eigenvalue weighted by Gasteiger charge is -2.35. The quantitative estimate of drug-likeness (QED) is 0.792. The molecule has 4 N–H and O–H groups in total. The van der Waals surface area contributed by atoms with Gasteiger partial charge < -0.3 is 20.9 Å². The van der Waals surface area contributed by atoms with Crippen LogP contribution in [0.25, 0.3) is 10.9 Å². The Morgan fingerprint density at radius 2 is 1.96 bits per heavy atom. The van der Waals surface area contributed by atoms with Crippen molar-refractivity contribution in [2.24, 2.45) is 11.7 Å². The van der Waals surface area contributed by atoms with E-state index >= 15 is 0 Å². The maximum atomic E-state index is 12.5. The molecule has 1 unspecified atom stereocenters. The predicted molar refractivity (Wildman–Crippen MR) is 98.2 cm³/mol. The second kappa shape index (κ2) is 7.27. The van der Waals surface area contributed by atoms with Gasteiger partial charge in [0.2, 0.25) is 5.91 Å². The lowest BCUT2D eigenvalue weighted by Crippen LogP contribution is -2.49. The van der Waals surface area contributed by atoms with Gasteiger partial charge in [0, 0.05) is 41.8 Å². The monoisotopic (exact) mass is 342 g/mol. The third-order valence-electron chi connectivity index (χ3n) is 5.12. The summed E-state index contributed by atoms with van der Waals surface area (Å²) < 4.78 is 0. The van der Waals surface area contributed by atoms with E-state index in [1.807, 2.05) is 42.3 Å². The fourth-order valence-corrected chi connectivity index (χ4v) is 3.51. The number of fused-ring (bicyclic) bond motifs is 1. The maximum absolute atomic E-state index is 12.5. The van der Waals surface area contributed by atoms with Crippen LogP contribution in [0.5, 0.6) is 0 Å². The van der Waals surface area contributed by atoms with Crippen LogP contribution in [0.4, 0.5) is 0 Å². The largest absolute Gasteiger partial charge is 0.361 e. The van der Waals surface area contributed by atoms with Gasteiger partial charge in [-0.05, 0) is 56.9 Å². The number of hydrogen-bond acceptors (Lipinski definition) is 3. The summed E-state index contributed by atoms with van der Waals surface area (Å²) >= 11 is 0. The molecule has 1 aliphatic rings. The number of carbonyl (C=O) groups is 2. The highest BCUT2D eigenvalue weighted by Crippen LogP contribution is 2.22. The molecule has 1 aromatic carbocycles. The van der Waals surface area contributed by atoms with Crippen LogP contribution in [0.1, 0.15) is 37.0 Å². The Morgan fingerprint density at radius 3 is 2.64 bits per heavy atom. The van der Waals surface area contributed by atoms with E-state index in [9.17, 15) is 9.59 Å². The number of rotatable bonds is 4. The molecule has 0 spiro atoms. The summed E-state index contributed by atoms with van der Waals surface area (Å²) in [5, 5.41) is 4.14. The van der Waals surface area contributed by atoms with Crippen LogP contribution in [-0.2, 0) is 4.79 Å². The van der Waals surface area contributed by atoms with Gasteiger partial charge in [0.05, 0.1) is 6.04 Å². The highest BCUT2D eigenvalue weighted by Gasteiger charge is 2.28. The van der Waals surface area contributed by atoms with Gasteiger partial charge in [-0.25, -0.2) is 0 Å². The van der Waals surface area contributed by atoms with E-state index in [-0.39, 0.29) is 17.9 Å². The first kappa shape index (κ1) is 17.5. The number of aromatic amines is 1. The Morgan fingerprint density at radius 1 is 1.24 bits per heavy atom. The van der Waals surface area contributed by atoms with Crippen LogP contribution in [0.2, 0.25) is 0 Å². The van der Waals surface area contributed by atoms with Crippen molar-refractivity contribution in [3.63, 3.8) is 0 Å². The molecule has 2 atom stereocenters. The molecule has 134 valence electrons. The zero-order valence-electron chi connectivity index (χ0n) is 14.8. The van der Waals surface area contributed by atoms with E-state index in [1.165, 1.54) is 0 Å². The molecule has 1 aliphatic heterocycles. The minimum absolute atomic E-state index is 0.00921. The van der Waals surface area contributed by atoms with Gasteiger partial charge in [0.25, 0.3) is 5.91 Å². The highest BCUT2D eigenvalue weighted by molar-refractivity contribution is 5.98. The van der Waals surface area contributed by atoms with Crippen LogP contribution >= 0.6 is 0 Å². The van der Waals surface area contributed by atoms with Crippen molar-refractivity contribution in [2.75, 3.05) is 13.1 Å². The van der Waals surface area contributed by atoms with Crippen molar-refractivity contribution in [1.82, 2.24) is 15.2 Å². The number of piperidine rings is 1. The number of likely N-dealkylation sites (tertiary alicyclic amines) is 1. The summed E-state index contributed by atoms with van der Waals surface area (Å²) in [6.45, 7) is 5.18. The Kier molecular flexibility index (Phi) is 5.08. The van der Waals surface area contributed by atoms with Gasteiger partial charge in [-0.2, -0.15) is 0 Å². The molecule has 6 nitrogen and oxygen atoms in total. The van der Waals surface area contributed by atoms with E-state index in [0.717, 1.165) is 23.7 Å². The minimum atomic E-state index is -0.447. The van der Waals surface area contributed by atoms with Gasteiger partial charge in [-0.15, -0.1) is 0 Å². The molecule has 0 saturated carbocycles. The molecule has 2 heterocycles. The molecule has 0 bridgehead atoms. The summed E-state index contributed by atoms with van der Waals surface area (Å²) in [6, 6.07) is 7.25. The average molecular weight is 342 g/mol. The van der Waals surface area contributed by atoms with E-state index in [2.05, 4.69) is 10.3 Å². The molecule has 6 heteroatoms. The number of nitrogens with zero attached hydrogens (tertiary/aromatic N) is 1. The number of aromatic nitrogens is 1. The minimum Gasteiger partial charge on any atom is -0.361 e. The lowest BCUT2D eigenvalue weighted by molar-refractivity contribution is -0.133. The van der Waals surface area contributed by atoms with Crippen LogP contribution in [0.3, 0.4) is 0 Å².